The van der Waals surface area contributed by atoms with Crippen molar-refractivity contribution in [2.45, 2.75) is 18.9 Å². The second-order valence-electron chi connectivity index (χ2n) is 4.56. The van der Waals surface area contributed by atoms with Crippen molar-refractivity contribution in [2.75, 3.05) is 18.9 Å². The van der Waals surface area contributed by atoms with Gasteiger partial charge in [-0.25, -0.2) is 4.68 Å². The normalized spacial score (nSPS) is 16.7. The number of tetrazole rings is 1. The van der Waals surface area contributed by atoms with Gasteiger partial charge in [0.2, 0.25) is 0 Å². The first-order chi connectivity index (χ1) is 9.24. The van der Waals surface area contributed by atoms with Crippen LogP contribution in [0.5, 0.6) is 0 Å². The van der Waals surface area contributed by atoms with Crippen LogP contribution in [0.4, 0.5) is 5.69 Å². The first kappa shape index (κ1) is 12.6. The highest BCUT2D eigenvalue weighted by Crippen LogP contribution is 2.28. The first-order valence-corrected chi connectivity index (χ1v) is 6.95. The van der Waals surface area contributed by atoms with E-state index in [2.05, 4.69) is 31.5 Å². The van der Waals surface area contributed by atoms with E-state index in [4.69, 9.17) is 10.5 Å². The van der Waals surface area contributed by atoms with Gasteiger partial charge in [0.05, 0.1) is 6.04 Å². The van der Waals surface area contributed by atoms with Crippen LogP contribution in [0.3, 0.4) is 0 Å². The van der Waals surface area contributed by atoms with Crippen molar-refractivity contribution >= 4 is 21.6 Å². The molecular weight excluding hydrogens is 310 g/mol. The summed E-state index contributed by atoms with van der Waals surface area (Å²) in [6.45, 7) is 1.51. The lowest BCUT2D eigenvalue weighted by molar-refractivity contribution is 0.0662. The summed E-state index contributed by atoms with van der Waals surface area (Å²) in [5.41, 5.74) is 7.47. The average molecular weight is 324 g/mol. The maximum Gasteiger partial charge on any atom is 0.182 e. The Morgan fingerprint density at radius 2 is 2.05 bits per heavy atom. The molecule has 7 heteroatoms. The summed E-state index contributed by atoms with van der Waals surface area (Å²) in [6, 6.07) is 6.00. The van der Waals surface area contributed by atoms with E-state index < -0.39 is 0 Å². The van der Waals surface area contributed by atoms with E-state index in [1.165, 1.54) is 0 Å². The zero-order chi connectivity index (χ0) is 13.2. The topological polar surface area (TPSA) is 78.9 Å². The summed E-state index contributed by atoms with van der Waals surface area (Å²) in [5, 5.41) is 12.0. The van der Waals surface area contributed by atoms with Gasteiger partial charge < -0.3 is 10.5 Å². The minimum Gasteiger partial charge on any atom is -0.399 e. The lowest BCUT2D eigenvalue weighted by Crippen LogP contribution is -2.21. The number of hydrogen-bond acceptors (Lipinski definition) is 5. The SMILES string of the molecule is Nc1cc(Br)cc(-c2nnnn2C2CCOCC2)c1. The van der Waals surface area contributed by atoms with E-state index in [-0.39, 0.29) is 0 Å². The smallest absolute Gasteiger partial charge is 0.182 e. The first-order valence-electron chi connectivity index (χ1n) is 6.16. The molecule has 1 fully saturated rings. The standard InChI is InChI=1S/C12H14BrN5O/c13-9-5-8(6-10(14)7-9)12-15-16-17-18(12)11-1-3-19-4-2-11/h5-7,11H,1-4,14H2. The summed E-state index contributed by atoms with van der Waals surface area (Å²) < 4.78 is 8.17. The Balaban J connectivity index is 1.98. The number of benzene rings is 1. The lowest BCUT2D eigenvalue weighted by Gasteiger charge is -2.22. The zero-order valence-corrected chi connectivity index (χ0v) is 11.9. The molecule has 0 radical (unpaired) electrons. The molecule has 1 aromatic carbocycles. The van der Waals surface area contributed by atoms with Crippen LogP contribution in [0.1, 0.15) is 18.9 Å². The summed E-state index contributed by atoms with van der Waals surface area (Å²) >= 11 is 3.44. The maximum atomic E-state index is 5.87. The van der Waals surface area contributed by atoms with Crippen molar-refractivity contribution in [2.24, 2.45) is 0 Å². The number of ether oxygens (including phenoxy) is 1. The van der Waals surface area contributed by atoms with Gasteiger partial charge in [-0.05, 0) is 41.5 Å². The number of hydrogen-bond donors (Lipinski definition) is 1. The fourth-order valence-electron chi connectivity index (χ4n) is 2.30. The summed E-state index contributed by atoms with van der Waals surface area (Å²) in [6.07, 6.45) is 1.86. The third-order valence-corrected chi connectivity index (χ3v) is 3.67. The molecule has 19 heavy (non-hydrogen) atoms. The van der Waals surface area contributed by atoms with Crippen LogP contribution < -0.4 is 5.73 Å². The highest BCUT2D eigenvalue weighted by Gasteiger charge is 2.21. The highest BCUT2D eigenvalue weighted by molar-refractivity contribution is 9.10. The summed E-state index contributed by atoms with van der Waals surface area (Å²) in [5.74, 6) is 0.750. The molecule has 1 saturated heterocycles. The molecule has 0 spiro atoms. The van der Waals surface area contributed by atoms with E-state index in [1.807, 2.05) is 22.9 Å². The number of halogens is 1. The van der Waals surface area contributed by atoms with Gasteiger partial charge in [-0.1, -0.05) is 15.9 Å². The van der Waals surface area contributed by atoms with Gasteiger partial charge in [0.25, 0.3) is 0 Å². The third kappa shape index (κ3) is 2.62. The number of anilines is 1. The largest absolute Gasteiger partial charge is 0.399 e. The summed E-state index contributed by atoms with van der Waals surface area (Å²) in [7, 11) is 0. The molecule has 1 aliphatic rings. The van der Waals surface area contributed by atoms with E-state index in [0.29, 0.717) is 11.7 Å². The number of aromatic nitrogens is 4. The quantitative estimate of drug-likeness (QED) is 0.855. The second kappa shape index (κ2) is 5.26. The zero-order valence-electron chi connectivity index (χ0n) is 10.3. The van der Waals surface area contributed by atoms with Crippen molar-refractivity contribution in [3.05, 3.63) is 22.7 Å². The molecule has 6 nitrogen and oxygen atoms in total. The van der Waals surface area contributed by atoms with Gasteiger partial charge in [-0.2, -0.15) is 0 Å². The number of nitrogen functional groups attached to an aromatic ring is 1. The Labute approximate surface area is 119 Å². The van der Waals surface area contributed by atoms with Gasteiger partial charge in [-0.3, -0.25) is 0 Å². The van der Waals surface area contributed by atoms with Crippen molar-refractivity contribution < 1.29 is 4.74 Å². The van der Waals surface area contributed by atoms with E-state index in [1.54, 1.807) is 0 Å². The Morgan fingerprint density at radius 3 is 2.79 bits per heavy atom. The third-order valence-electron chi connectivity index (χ3n) is 3.21. The summed E-state index contributed by atoms with van der Waals surface area (Å²) in [4.78, 5) is 0. The number of rotatable bonds is 2. The molecular formula is C12H14BrN5O. The van der Waals surface area contributed by atoms with E-state index >= 15 is 0 Å². The Morgan fingerprint density at radius 1 is 1.26 bits per heavy atom. The molecule has 0 aliphatic carbocycles. The average Bonchev–Trinajstić information content (AvgIpc) is 2.88. The monoisotopic (exact) mass is 323 g/mol. The molecule has 100 valence electrons. The Hall–Kier alpha value is -1.47. The van der Waals surface area contributed by atoms with Crippen LogP contribution in [-0.2, 0) is 4.74 Å². The fraction of sp³-hybridized carbons (Fsp3) is 0.417. The molecule has 2 heterocycles. The van der Waals surface area contributed by atoms with Gasteiger partial charge in [0, 0.05) is 28.9 Å². The minimum absolute atomic E-state index is 0.291. The molecule has 2 N–H and O–H groups in total. The van der Waals surface area contributed by atoms with Gasteiger partial charge in [-0.15, -0.1) is 5.10 Å². The second-order valence-corrected chi connectivity index (χ2v) is 5.48. The Bertz CT molecular complexity index is 559. The lowest BCUT2D eigenvalue weighted by atomic mass is 10.1. The van der Waals surface area contributed by atoms with E-state index in [0.717, 1.165) is 41.9 Å². The van der Waals surface area contributed by atoms with E-state index in [9.17, 15) is 0 Å². The Kier molecular flexibility index (Phi) is 3.48. The van der Waals surface area contributed by atoms with Crippen LogP contribution in [0, 0.1) is 0 Å². The minimum atomic E-state index is 0.291. The van der Waals surface area contributed by atoms with Crippen molar-refractivity contribution in [3.63, 3.8) is 0 Å². The van der Waals surface area contributed by atoms with Crippen molar-refractivity contribution in [1.82, 2.24) is 20.2 Å². The van der Waals surface area contributed by atoms with Gasteiger partial charge in [0.15, 0.2) is 5.82 Å². The predicted molar refractivity (Wildman–Crippen MR) is 74.5 cm³/mol. The van der Waals surface area contributed by atoms with Crippen molar-refractivity contribution in [1.29, 1.82) is 0 Å². The molecule has 3 rings (SSSR count). The highest BCUT2D eigenvalue weighted by atomic mass is 79.9. The molecule has 0 unspecified atom stereocenters. The van der Waals surface area contributed by atoms with Gasteiger partial charge in [0.1, 0.15) is 0 Å². The molecule has 0 amide bonds. The van der Waals surface area contributed by atoms with Crippen LogP contribution in [-0.4, -0.2) is 33.4 Å². The number of nitrogens with zero attached hydrogens (tertiary/aromatic N) is 4. The van der Waals surface area contributed by atoms with Crippen LogP contribution in [0.2, 0.25) is 0 Å². The maximum absolute atomic E-state index is 5.87. The van der Waals surface area contributed by atoms with Crippen LogP contribution in [0.15, 0.2) is 22.7 Å². The molecule has 1 aliphatic heterocycles. The fourth-order valence-corrected chi connectivity index (χ4v) is 2.81. The van der Waals surface area contributed by atoms with Crippen LogP contribution >= 0.6 is 15.9 Å². The van der Waals surface area contributed by atoms with Gasteiger partial charge >= 0.3 is 0 Å². The predicted octanol–water partition coefficient (Wildman–Crippen LogP) is 2.04. The molecule has 0 bridgehead atoms. The van der Waals surface area contributed by atoms with Crippen molar-refractivity contribution in [3.8, 4) is 11.4 Å². The number of nitrogens with two attached hydrogens (primary N) is 1. The molecule has 0 atom stereocenters. The molecule has 0 saturated carbocycles. The molecule has 2 aromatic rings. The van der Waals surface area contributed by atoms with Crippen LogP contribution in [0.25, 0.3) is 11.4 Å². The molecule has 1 aromatic heterocycles.